The van der Waals surface area contributed by atoms with E-state index in [0.29, 0.717) is 38.8 Å². The standard InChI is InChI=1S/C24H24Cl3N5O2S/c1-4-11-32-22(21(14(2)3)29-23(34)16-10-9-15(25)12-18(16)27)30-31-24(32)35-13-20(33)28-19-8-6-5-7-17(19)26/h4-10,12,14,21H,1,11,13H2,2-3H3,(H,28,33)(H,29,34)/t21-/m0/s1. The van der Waals surface area contributed by atoms with Crippen LogP contribution < -0.4 is 10.6 Å². The number of nitrogens with zero attached hydrogens (tertiary/aromatic N) is 3. The van der Waals surface area contributed by atoms with E-state index < -0.39 is 6.04 Å². The highest BCUT2D eigenvalue weighted by Gasteiger charge is 2.27. The quantitative estimate of drug-likeness (QED) is 0.228. The molecule has 3 rings (SSSR count). The molecule has 1 aromatic heterocycles. The lowest BCUT2D eigenvalue weighted by Crippen LogP contribution is -2.34. The summed E-state index contributed by atoms with van der Waals surface area (Å²) < 4.78 is 1.83. The first-order valence-corrected chi connectivity index (χ1v) is 12.8. The maximum atomic E-state index is 13.0. The highest BCUT2D eigenvalue weighted by Crippen LogP contribution is 2.28. The van der Waals surface area contributed by atoms with Crippen molar-refractivity contribution in [2.45, 2.75) is 31.6 Å². The molecule has 0 radical (unpaired) electrons. The molecule has 0 unspecified atom stereocenters. The number of aromatic nitrogens is 3. The fraction of sp³-hybridized carbons (Fsp3) is 0.250. The van der Waals surface area contributed by atoms with Gasteiger partial charge in [-0.2, -0.15) is 0 Å². The van der Waals surface area contributed by atoms with Crippen molar-refractivity contribution in [3.05, 3.63) is 81.6 Å². The highest BCUT2D eigenvalue weighted by atomic mass is 35.5. The average Bonchev–Trinajstić information content (AvgIpc) is 3.19. The van der Waals surface area contributed by atoms with Crippen LogP contribution in [0.15, 0.2) is 60.3 Å². The molecule has 3 aromatic rings. The van der Waals surface area contributed by atoms with Crippen LogP contribution in [0.1, 0.15) is 36.1 Å². The Balaban J connectivity index is 1.78. The van der Waals surface area contributed by atoms with Crippen molar-refractivity contribution in [3.63, 3.8) is 0 Å². The number of hydrogen-bond donors (Lipinski definition) is 2. The smallest absolute Gasteiger partial charge is 0.253 e. The number of thioether (sulfide) groups is 1. The van der Waals surface area contributed by atoms with Crippen LogP contribution in [0.3, 0.4) is 0 Å². The minimum atomic E-state index is -0.465. The van der Waals surface area contributed by atoms with E-state index in [2.05, 4.69) is 27.4 Å². The van der Waals surface area contributed by atoms with Crippen LogP contribution in [-0.2, 0) is 11.3 Å². The molecule has 0 bridgehead atoms. The van der Waals surface area contributed by atoms with E-state index in [4.69, 9.17) is 34.8 Å². The van der Waals surface area contributed by atoms with Crippen LogP contribution in [0.2, 0.25) is 15.1 Å². The number of carbonyl (C=O) groups is 2. The molecule has 0 aliphatic carbocycles. The van der Waals surface area contributed by atoms with Gasteiger partial charge in [-0.05, 0) is 36.2 Å². The largest absolute Gasteiger partial charge is 0.342 e. The summed E-state index contributed by atoms with van der Waals surface area (Å²) in [6.45, 7) is 8.14. The van der Waals surface area contributed by atoms with E-state index >= 15 is 0 Å². The van der Waals surface area contributed by atoms with Crippen molar-refractivity contribution in [2.24, 2.45) is 5.92 Å². The third-order valence-electron chi connectivity index (χ3n) is 4.94. The van der Waals surface area contributed by atoms with Gasteiger partial charge in [0.15, 0.2) is 11.0 Å². The van der Waals surface area contributed by atoms with Crippen molar-refractivity contribution >= 4 is 64.1 Å². The maximum absolute atomic E-state index is 13.0. The van der Waals surface area contributed by atoms with E-state index in [-0.39, 0.29) is 28.5 Å². The van der Waals surface area contributed by atoms with Gasteiger partial charge in [-0.25, -0.2) is 0 Å². The van der Waals surface area contributed by atoms with Crippen molar-refractivity contribution in [3.8, 4) is 0 Å². The molecule has 7 nitrogen and oxygen atoms in total. The van der Waals surface area contributed by atoms with E-state index in [0.717, 1.165) is 0 Å². The van der Waals surface area contributed by atoms with Gasteiger partial charge in [0.2, 0.25) is 5.91 Å². The lowest BCUT2D eigenvalue weighted by atomic mass is 10.0. The topological polar surface area (TPSA) is 88.9 Å². The number of halogens is 3. The zero-order valence-corrected chi connectivity index (χ0v) is 22.2. The molecule has 0 spiro atoms. The van der Waals surface area contributed by atoms with E-state index in [1.807, 2.05) is 18.4 Å². The number of carbonyl (C=O) groups excluding carboxylic acids is 2. The second-order valence-corrected chi connectivity index (χ2v) is 10.1. The second kappa shape index (κ2) is 12.4. The van der Waals surface area contributed by atoms with Gasteiger partial charge in [0.1, 0.15) is 0 Å². The fourth-order valence-electron chi connectivity index (χ4n) is 3.24. The lowest BCUT2D eigenvalue weighted by Gasteiger charge is -2.23. The van der Waals surface area contributed by atoms with Gasteiger partial charge in [-0.15, -0.1) is 16.8 Å². The summed E-state index contributed by atoms with van der Waals surface area (Å²) in [5, 5.41) is 16.1. The van der Waals surface area contributed by atoms with Gasteiger partial charge < -0.3 is 15.2 Å². The fourth-order valence-corrected chi connectivity index (χ4v) is 4.67. The molecule has 0 saturated carbocycles. The molecule has 1 atom stereocenters. The van der Waals surface area contributed by atoms with Gasteiger partial charge in [0.25, 0.3) is 5.91 Å². The number of hydrogen-bond acceptors (Lipinski definition) is 5. The maximum Gasteiger partial charge on any atom is 0.253 e. The monoisotopic (exact) mass is 551 g/mol. The molecule has 0 saturated heterocycles. The van der Waals surface area contributed by atoms with Crippen molar-refractivity contribution in [1.29, 1.82) is 0 Å². The first-order valence-electron chi connectivity index (χ1n) is 10.7. The number of nitrogens with one attached hydrogen (secondary N) is 2. The van der Waals surface area contributed by atoms with Crippen molar-refractivity contribution < 1.29 is 9.59 Å². The van der Waals surface area contributed by atoms with Crippen LogP contribution >= 0.6 is 46.6 Å². The molecule has 2 N–H and O–H groups in total. The normalized spacial score (nSPS) is 11.8. The van der Waals surface area contributed by atoms with Gasteiger partial charge in [-0.3, -0.25) is 9.59 Å². The number of amides is 2. The van der Waals surface area contributed by atoms with Gasteiger partial charge >= 0.3 is 0 Å². The number of allylic oxidation sites excluding steroid dienone is 1. The summed E-state index contributed by atoms with van der Waals surface area (Å²) in [7, 11) is 0. The predicted molar refractivity (Wildman–Crippen MR) is 143 cm³/mol. The molecule has 35 heavy (non-hydrogen) atoms. The van der Waals surface area contributed by atoms with E-state index in [9.17, 15) is 9.59 Å². The first-order chi connectivity index (χ1) is 16.7. The molecule has 1 heterocycles. The average molecular weight is 553 g/mol. The lowest BCUT2D eigenvalue weighted by molar-refractivity contribution is -0.113. The van der Waals surface area contributed by atoms with Crippen LogP contribution in [-0.4, -0.2) is 32.3 Å². The molecule has 0 aliphatic rings. The molecule has 0 fully saturated rings. The molecule has 0 aliphatic heterocycles. The van der Waals surface area contributed by atoms with Gasteiger partial charge in [0, 0.05) is 11.6 Å². The summed E-state index contributed by atoms with van der Waals surface area (Å²) in [5.74, 6) is 0.0433. The minimum absolute atomic E-state index is 0.0147. The molecule has 184 valence electrons. The van der Waals surface area contributed by atoms with E-state index in [1.54, 1.807) is 42.5 Å². The summed E-state index contributed by atoms with van der Waals surface area (Å²) in [4.78, 5) is 25.4. The molecule has 11 heteroatoms. The van der Waals surface area contributed by atoms with Crippen LogP contribution in [0.4, 0.5) is 5.69 Å². The predicted octanol–water partition coefficient (Wildman–Crippen LogP) is 6.28. The first kappa shape index (κ1) is 27.1. The summed E-state index contributed by atoms with van der Waals surface area (Å²) in [5.41, 5.74) is 0.846. The highest BCUT2D eigenvalue weighted by molar-refractivity contribution is 7.99. The number of para-hydroxylation sites is 1. The van der Waals surface area contributed by atoms with Crippen LogP contribution in [0.5, 0.6) is 0 Å². The zero-order valence-electron chi connectivity index (χ0n) is 19.1. The molecular weight excluding hydrogens is 529 g/mol. The van der Waals surface area contributed by atoms with Crippen LogP contribution in [0, 0.1) is 5.92 Å². The van der Waals surface area contributed by atoms with Gasteiger partial charge in [-0.1, -0.05) is 78.6 Å². The minimum Gasteiger partial charge on any atom is -0.342 e. The molecule has 2 amide bonds. The molecule has 2 aromatic carbocycles. The van der Waals surface area contributed by atoms with Crippen LogP contribution in [0.25, 0.3) is 0 Å². The summed E-state index contributed by atoms with van der Waals surface area (Å²) in [6, 6.07) is 11.2. The van der Waals surface area contributed by atoms with Crippen molar-refractivity contribution in [2.75, 3.05) is 11.1 Å². The Bertz CT molecular complexity index is 1230. The Labute approximate surface area is 223 Å². The third kappa shape index (κ3) is 7.01. The molecular formula is C24H24Cl3N5O2S. The number of rotatable bonds is 10. The Morgan fingerprint density at radius 3 is 2.51 bits per heavy atom. The Morgan fingerprint density at radius 1 is 1.11 bits per heavy atom. The Morgan fingerprint density at radius 2 is 1.86 bits per heavy atom. The van der Waals surface area contributed by atoms with E-state index in [1.165, 1.54) is 17.8 Å². The second-order valence-electron chi connectivity index (χ2n) is 7.88. The zero-order chi connectivity index (χ0) is 25.5. The summed E-state index contributed by atoms with van der Waals surface area (Å²) >= 11 is 19.5. The van der Waals surface area contributed by atoms with Crippen molar-refractivity contribution in [1.82, 2.24) is 20.1 Å². The Hall–Kier alpha value is -2.52. The Kier molecular flexibility index (Phi) is 9.63. The number of benzene rings is 2. The number of anilines is 1. The third-order valence-corrected chi connectivity index (χ3v) is 6.79. The summed E-state index contributed by atoms with van der Waals surface area (Å²) in [6.07, 6.45) is 1.70. The SMILES string of the molecule is C=CCn1c(SCC(=O)Nc2ccccc2Cl)nnc1[C@@H](NC(=O)c1ccc(Cl)cc1Cl)C(C)C. The van der Waals surface area contributed by atoms with Gasteiger partial charge in [0.05, 0.1) is 33.1 Å².